The molecule has 0 aromatic heterocycles. The fourth-order valence-electron chi connectivity index (χ4n) is 1.17. The van der Waals surface area contributed by atoms with Crippen molar-refractivity contribution in [3.05, 3.63) is 24.3 Å². The van der Waals surface area contributed by atoms with Crippen LogP contribution in [0.4, 0.5) is 18.9 Å². The largest absolute Gasteiger partial charge is 0.573 e. The Kier molecular flexibility index (Phi) is 4.41. The van der Waals surface area contributed by atoms with E-state index >= 15 is 0 Å². The molecule has 1 amide bonds. The van der Waals surface area contributed by atoms with Crippen LogP contribution >= 0.6 is 0 Å². The van der Waals surface area contributed by atoms with Gasteiger partial charge in [0.15, 0.2) is 0 Å². The second-order valence-corrected chi connectivity index (χ2v) is 4.30. The predicted octanol–water partition coefficient (Wildman–Crippen LogP) is 2.65. The first-order chi connectivity index (χ1) is 8.64. The summed E-state index contributed by atoms with van der Waals surface area (Å²) < 4.78 is 39.5. The van der Waals surface area contributed by atoms with Crippen LogP contribution in [0.2, 0.25) is 0 Å². The Balaban J connectivity index is 2.70. The van der Waals surface area contributed by atoms with E-state index in [2.05, 4.69) is 10.1 Å². The number of hydrogen-bond donors (Lipinski definition) is 2. The minimum atomic E-state index is -4.73. The van der Waals surface area contributed by atoms with Gasteiger partial charge in [-0.25, -0.2) is 0 Å². The molecule has 0 aliphatic heterocycles. The molecule has 0 saturated heterocycles. The van der Waals surface area contributed by atoms with Crippen LogP contribution in [-0.4, -0.2) is 17.8 Å². The lowest BCUT2D eigenvalue weighted by molar-refractivity contribution is -0.274. The standard InChI is InChI=1S/C12H15F3N2O2/c1-3-11(2,16)10(18)17-8-4-6-9(7-5-8)19-12(13,14)15/h4-7H,3,16H2,1-2H3,(H,17,18). The summed E-state index contributed by atoms with van der Waals surface area (Å²) in [6, 6.07) is 4.85. The van der Waals surface area contributed by atoms with Gasteiger partial charge in [-0.15, -0.1) is 13.2 Å². The van der Waals surface area contributed by atoms with Crippen LogP contribution in [-0.2, 0) is 4.79 Å². The van der Waals surface area contributed by atoms with Crippen LogP contribution in [0.1, 0.15) is 20.3 Å². The highest BCUT2D eigenvalue weighted by molar-refractivity contribution is 5.97. The van der Waals surface area contributed by atoms with Gasteiger partial charge in [0.25, 0.3) is 0 Å². The number of nitrogens with one attached hydrogen (secondary N) is 1. The van der Waals surface area contributed by atoms with Crippen molar-refractivity contribution in [1.29, 1.82) is 0 Å². The Labute approximate surface area is 108 Å². The molecule has 106 valence electrons. The lowest BCUT2D eigenvalue weighted by Gasteiger charge is -2.21. The molecule has 1 atom stereocenters. The highest BCUT2D eigenvalue weighted by Gasteiger charge is 2.31. The number of ether oxygens (including phenoxy) is 1. The quantitative estimate of drug-likeness (QED) is 0.888. The monoisotopic (exact) mass is 276 g/mol. The van der Waals surface area contributed by atoms with Crippen molar-refractivity contribution in [2.24, 2.45) is 5.73 Å². The van der Waals surface area contributed by atoms with Gasteiger partial charge < -0.3 is 15.8 Å². The fraction of sp³-hybridized carbons (Fsp3) is 0.417. The summed E-state index contributed by atoms with van der Waals surface area (Å²) in [4.78, 5) is 11.7. The molecule has 3 N–H and O–H groups in total. The van der Waals surface area contributed by atoms with Crippen LogP contribution in [0, 0.1) is 0 Å². The molecule has 0 aliphatic rings. The van der Waals surface area contributed by atoms with E-state index in [0.29, 0.717) is 12.1 Å². The number of rotatable bonds is 4. The topological polar surface area (TPSA) is 64.4 Å². The third kappa shape index (κ3) is 4.78. The van der Waals surface area contributed by atoms with Crippen LogP contribution in [0.25, 0.3) is 0 Å². The molecule has 7 heteroatoms. The molecule has 4 nitrogen and oxygen atoms in total. The molecule has 1 aromatic carbocycles. The minimum absolute atomic E-state index is 0.350. The van der Waals surface area contributed by atoms with Gasteiger partial charge >= 0.3 is 6.36 Å². The van der Waals surface area contributed by atoms with Crippen molar-refractivity contribution in [2.75, 3.05) is 5.32 Å². The number of benzene rings is 1. The van der Waals surface area contributed by atoms with Crippen molar-refractivity contribution in [3.63, 3.8) is 0 Å². The molecule has 0 bridgehead atoms. The van der Waals surface area contributed by atoms with Crippen LogP contribution in [0.15, 0.2) is 24.3 Å². The summed E-state index contributed by atoms with van der Waals surface area (Å²) >= 11 is 0. The van der Waals surface area contributed by atoms with Gasteiger partial charge in [-0.2, -0.15) is 0 Å². The van der Waals surface area contributed by atoms with Crippen LogP contribution < -0.4 is 15.8 Å². The maximum Gasteiger partial charge on any atom is 0.573 e. The number of alkyl halides is 3. The zero-order valence-electron chi connectivity index (χ0n) is 10.5. The minimum Gasteiger partial charge on any atom is -0.406 e. The molecular weight excluding hydrogens is 261 g/mol. The molecule has 0 aliphatic carbocycles. The predicted molar refractivity (Wildman–Crippen MR) is 64.6 cm³/mol. The van der Waals surface area contributed by atoms with Gasteiger partial charge in [0.1, 0.15) is 5.75 Å². The maximum absolute atomic E-state index is 11.9. The molecule has 0 radical (unpaired) electrons. The first kappa shape index (κ1) is 15.3. The molecule has 0 fully saturated rings. The van der Waals surface area contributed by atoms with E-state index in [1.165, 1.54) is 12.1 Å². The Morgan fingerprint density at radius 3 is 2.26 bits per heavy atom. The van der Waals surface area contributed by atoms with Crippen molar-refractivity contribution >= 4 is 11.6 Å². The Bertz CT molecular complexity index is 441. The first-order valence-electron chi connectivity index (χ1n) is 5.60. The van der Waals surface area contributed by atoms with Gasteiger partial charge in [0.05, 0.1) is 5.54 Å². The van der Waals surface area contributed by atoms with E-state index in [4.69, 9.17) is 5.73 Å². The smallest absolute Gasteiger partial charge is 0.406 e. The third-order valence-corrected chi connectivity index (χ3v) is 2.60. The van der Waals surface area contributed by atoms with E-state index < -0.39 is 17.8 Å². The van der Waals surface area contributed by atoms with Gasteiger partial charge in [-0.1, -0.05) is 6.92 Å². The van der Waals surface area contributed by atoms with Gasteiger partial charge in [-0.3, -0.25) is 4.79 Å². The van der Waals surface area contributed by atoms with E-state index in [1.807, 2.05) is 0 Å². The van der Waals surface area contributed by atoms with Crippen molar-refractivity contribution in [2.45, 2.75) is 32.2 Å². The summed E-state index contributed by atoms with van der Waals surface area (Å²) in [6.45, 7) is 3.34. The van der Waals surface area contributed by atoms with Gasteiger partial charge in [0, 0.05) is 5.69 Å². The molecule has 1 aromatic rings. The van der Waals surface area contributed by atoms with Crippen LogP contribution in [0.3, 0.4) is 0 Å². The Morgan fingerprint density at radius 1 is 1.32 bits per heavy atom. The molecule has 1 unspecified atom stereocenters. The number of anilines is 1. The third-order valence-electron chi connectivity index (χ3n) is 2.60. The molecule has 0 heterocycles. The lowest BCUT2D eigenvalue weighted by atomic mass is 9.99. The lowest BCUT2D eigenvalue weighted by Crippen LogP contribution is -2.47. The van der Waals surface area contributed by atoms with Gasteiger partial charge in [0.2, 0.25) is 5.91 Å². The number of amides is 1. The number of hydrogen-bond acceptors (Lipinski definition) is 3. The number of halogens is 3. The number of carbonyl (C=O) groups excluding carboxylic acids is 1. The van der Waals surface area contributed by atoms with Gasteiger partial charge in [-0.05, 0) is 37.6 Å². The zero-order valence-corrected chi connectivity index (χ0v) is 10.5. The van der Waals surface area contributed by atoms with E-state index in [9.17, 15) is 18.0 Å². The first-order valence-corrected chi connectivity index (χ1v) is 5.60. The number of nitrogens with two attached hydrogens (primary N) is 1. The van der Waals surface area contributed by atoms with Crippen LogP contribution in [0.5, 0.6) is 5.75 Å². The molecular formula is C12H15F3N2O2. The summed E-state index contributed by atoms with van der Waals surface area (Å²) in [5, 5.41) is 2.52. The Morgan fingerprint density at radius 2 is 1.84 bits per heavy atom. The fourth-order valence-corrected chi connectivity index (χ4v) is 1.17. The summed E-state index contributed by atoms with van der Waals surface area (Å²) in [5.41, 5.74) is 5.06. The SMILES string of the molecule is CCC(C)(N)C(=O)Nc1ccc(OC(F)(F)F)cc1. The molecule has 19 heavy (non-hydrogen) atoms. The van der Waals surface area contributed by atoms with E-state index in [-0.39, 0.29) is 5.75 Å². The normalized spacial score (nSPS) is 14.6. The van der Waals surface area contributed by atoms with Crippen molar-refractivity contribution < 1.29 is 22.7 Å². The molecule has 0 spiro atoms. The van der Waals surface area contributed by atoms with Crippen molar-refractivity contribution in [3.8, 4) is 5.75 Å². The second kappa shape index (κ2) is 5.48. The highest BCUT2D eigenvalue weighted by Crippen LogP contribution is 2.24. The summed E-state index contributed by atoms with van der Waals surface area (Å²) in [7, 11) is 0. The Hall–Kier alpha value is -1.76. The summed E-state index contributed by atoms with van der Waals surface area (Å²) in [5.74, 6) is -0.754. The highest BCUT2D eigenvalue weighted by atomic mass is 19.4. The van der Waals surface area contributed by atoms with E-state index in [1.54, 1.807) is 13.8 Å². The maximum atomic E-state index is 11.9. The second-order valence-electron chi connectivity index (χ2n) is 4.30. The summed E-state index contributed by atoms with van der Waals surface area (Å²) in [6.07, 6.45) is -4.29. The molecule has 0 saturated carbocycles. The average molecular weight is 276 g/mol. The van der Waals surface area contributed by atoms with E-state index in [0.717, 1.165) is 12.1 Å². The number of carbonyl (C=O) groups is 1. The average Bonchev–Trinajstić information content (AvgIpc) is 2.29. The molecule has 1 rings (SSSR count). The van der Waals surface area contributed by atoms with Crippen molar-refractivity contribution in [1.82, 2.24) is 0 Å². The zero-order chi connectivity index (χ0) is 14.7.